The Morgan fingerprint density at radius 3 is 2.85 bits per heavy atom. The zero-order valence-electron chi connectivity index (χ0n) is 14.3. The Hall–Kier alpha value is -2.44. The van der Waals surface area contributed by atoms with E-state index in [-0.39, 0.29) is 12.1 Å². The summed E-state index contributed by atoms with van der Waals surface area (Å²) in [6.07, 6.45) is 5.85. The van der Waals surface area contributed by atoms with Gasteiger partial charge in [-0.1, -0.05) is 11.6 Å². The van der Waals surface area contributed by atoms with Crippen LogP contribution in [-0.2, 0) is 0 Å². The molecule has 7 heteroatoms. The molecule has 4 rings (SSSR count). The van der Waals surface area contributed by atoms with E-state index >= 15 is 0 Å². The lowest BCUT2D eigenvalue weighted by atomic mass is 10.0. The number of pyridine rings is 1. The van der Waals surface area contributed by atoms with E-state index in [2.05, 4.69) is 20.5 Å². The van der Waals surface area contributed by atoms with Crippen molar-refractivity contribution in [2.75, 3.05) is 12.4 Å². The highest BCUT2D eigenvalue weighted by atomic mass is 35.5. The van der Waals surface area contributed by atoms with E-state index in [0.29, 0.717) is 22.3 Å². The van der Waals surface area contributed by atoms with Gasteiger partial charge in [0.15, 0.2) is 5.82 Å². The minimum absolute atomic E-state index is 0.0105. The number of benzene rings is 1. The van der Waals surface area contributed by atoms with Crippen LogP contribution in [0.5, 0.6) is 5.75 Å². The molecule has 0 bridgehead atoms. The van der Waals surface area contributed by atoms with Crippen LogP contribution >= 0.6 is 11.6 Å². The maximum atomic E-state index is 10.1. The number of aliphatic hydroxyl groups excluding tert-OH is 1. The summed E-state index contributed by atoms with van der Waals surface area (Å²) in [6.45, 7) is 0. The topological polar surface area (TPSA) is 80.2 Å². The maximum absolute atomic E-state index is 10.1. The van der Waals surface area contributed by atoms with Crippen molar-refractivity contribution in [3.63, 3.8) is 0 Å². The molecule has 1 saturated carbocycles. The summed E-state index contributed by atoms with van der Waals surface area (Å²) < 4.78 is 5.46. The highest BCUT2D eigenvalue weighted by Gasteiger charge is 2.26. The summed E-state index contributed by atoms with van der Waals surface area (Å²) in [6, 6.07) is 7.33. The number of ether oxygens (including phenoxy) is 1. The number of aromatic nitrogens is 3. The highest BCUT2D eigenvalue weighted by Crippen LogP contribution is 2.36. The number of nitrogens with one attached hydrogen (secondary N) is 1. The van der Waals surface area contributed by atoms with Gasteiger partial charge in [-0.15, -0.1) is 10.2 Å². The molecular weight excluding hydrogens is 352 g/mol. The molecule has 1 aromatic carbocycles. The normalized spacial score (nSPS) is 19.7. The van der Waals surface area contributed by atoms with E-state index in [1.165, 1.54) is 0 Å². The lowest BCUT2D eigenvalue weighted by Gasteiger charge is -2.18. The smallest absolute Gasteiger partial charge is 0.158 e. The van der Waals surface area contributed by atoms with Crippen LogP contribution in [0.3, 0.4) is 0 Å². The number of anilines is 1. The molecule has 134 valence electrons. The largest absolute Gasteiger partial charge is 0.496 e. The number of hydrogen-bond acceptors (Lipinski definition) is 6. The Labute approximate surface area is 156 Å². The van der Waals surface area contributed by atoms with Crippen molar-refractivity contribution in [3.8, 4) is 17.0 Å². The molecule has 0 unspecified atom stereocenters. The standard InChI is InChI=1S/C19H19ClN4O2/c1-26-17-9-11(20)5-6-13(17)18-12-7-8-21-10-14(12)19(24-23-18)22-15-3-2-4-16(15)25/h5-10,15-16,25H,2-4H2,1H3,(H,22,24)/t15-,16-/m0/s1. The quantitative estimate of drug-likeness (QED) is 0.729. The van der Waals surface area contributed by atoms with Crippen LogP contribution in [0.15, 0.2) is 36.7 Å². The average Bonchev–Trinajstić information content (AvgIpc) is 3.07. The van der Waals surface area contributed by atoms with Gasteiger partial charge in [0, 0.05) is 33.8 Å². The molecule has 0 amide bonds. The Kier molecular flexibility index (Phi) is 4.61. The molecule has 2 heterocycles. The lowest BCUT2D eigenvalue weighted by molar-refractivity contribution is 0.171. The molecule has 0 aliphatic heterocycles. The number of nitrogens with zero attached hydrogens (tertiary/aromatic N) is 3. The first-order valence-corrected chi connectivity index (χ1v) is 8.94. The second-order valence-corrected chi connectivity index (χ2v) is 6.85. The minimum atomic E-state index is -0.362. The molecule has 2 N–H and O–H groups in total. The first kappa shape index (κ1) is 17.0. The molecule has 3 aromatic rings. The van der Waals surface area contributed by atoms with Crippen LogP contribution in [0.25, 0.3) is 22.0 Å². The van der Waals surface area contributed by atoms with E-state index < -0.39 is 0 Å². The van der Waals surface area contributed by atoms with Crippen molar-refractivity contribution < 1.29 is 9.84 Å². The van der Waals surface area contributed by atoms with Gasteiger partial charge in [-0.25, -0.2) is 0 Å². The average molecular weight is 371 g/mol. The Bertz CT molecular complexity index is 950. The first-order chi connectivity index (χ1) is 12.7. The fourth-order valence-electron chi connectivity index (χ4n) is 3.45. The molecule has 26 heavy (non-hydrogen) atoms. The van der Waals surface area contributed by atoms with Gasteiger partial charge >= 0.3 is 0 Å². The zero-order valence-corrected chi connectivity index (χ0v) is 15.1. The summed E-state index contributed by atoms with van der Waals surface area (Å²) in [7, 11) is 1.60. The predicted molar refractivity (Wildman–Crippen MR) is 102 cm³/mol. The molecule has 6 nitrogen and oxygen atoms in total. The maximum Gasteiger partial charge on any atom is 0.158 e. The Morgan fingerprint density at radius 2 is 2.08 bits per heavy atom. The Balaban J connectivity index is 1.82. The molecular formula is C19H19ClN4O2. The third-order valence-electron chi connectivity index (χ3n) is 4.80. The fraction of sp³-hybridized carbons (Fsp3) is 0.316. The predicted octanol–water partition coefficient (Wildman–Crippen LogP) is 3.68. The number of hydrogen-bond donors (Lipinski definition) is 2. The minimum Gasteiger partial charge on any atom is -0.496 e. The molecule has 1 fully saturated rings. The van der Waals surface area contributed by atoms with Crippen LogP contribution in [0.2, 0.25) is 5.02 Å². The number of rotatable bonds is 4. The molecule has 1 aliphatic rings. The molecule has 2 aromatic heterocycles. The second-order valence-electron chi connectivity index (χ2n) is 6.41. The van der Waals surface area contributed by atoms with Crippen LogP contribution in [-0.4, -0.2) is 39.5 Å². The third kappa shape index (κ3) is 3.06. The van der Waals surface area contributed by atoms with E-state index in [1.54, 1.807) is 31.6 Å². The van der Waals surface area contributed by atoms with E-state index in [4.69, 9.17) is 16.3 Å². The van der Waals surface area contributed by atoms with Crippen molar-refractivity contribution in [2.24, 2.45) is 0 Å². The summed E-state index contributed by atoms with van der Waals surface area (Å²) in [5.74, 6) is 1.27. The van der Waals surface area contributed by atoms with E-state index in [0.717, 1.165) is 35.6 Å². The van der Waals surface area contributed by atoms with Crippen molar-refractivity contribution in [1.29, 1.82) is 0 Å². The summed E-state index contributed by atoms with van der Waals surface area (Å²) in [4.78, 5) is 4.24. The summed E-state index contributed by atoms with van der Waals surface area (Å²) in [5.41, 5.74) is 1.52. The second kappa shape index (κ2) is 7.05. The lowest BCUT2D eigenvalue weighted by Crippen LogP contribution is -2.28. The van der Waals surface area contributed by atoms with Gasteiger partial charge in [-0.05, 0) is 43.5 Å². The van der Waals surface area contributed by atoms with Crippen molar-refractivity contribution in [1.82, 2.24) is 15.2 Å². The highest BCUT2D eigenvalue weighted by molar-refractivity contribution is 6.30. The van der Waals surface area contributed by atoms with Crippen molar-refractivity contribution in [2.45, 2.75) is 31.4 Å². The van der Waals surface area contributed by atoms with Crippen LogP contribution in [0, 0.1) is 0 Å². The fourth-order valence-corrected chi connectivity index (χ4v) is 3.61. The SMILES string of the molecule is COc1cc(Cl)ccc1-c1nnc(N[C@H]2CCC[C@@H]2O)c2cnccc12. The van der Waals surface area contributed by atoms with Crippen molar-refractivity contribution in [3.05, 3.63) is 41.7 Å². The van der Waals surface area contributed by atoms with Gasteiger partial charge in [0.25, 0.3) is 0 Å². The molecule has 2 atom stereocenters. The van der Waals surface area contributed by atoms with Gasteiger partial charge in [0.2, 0.25) is 0 Å². The first-order valence-electron chi connectivity index (χ1n) is 8.56. The van der Waals surface area contributed by atoms with Gasteiger partial charge in [0.05, 0.1) is 19.3 Å². The van der Waals surface area contributed by atoms with E-state index in [1.807, 2.05) is 12.1 Å². The van der Waals surface area contributed by atoms with Crippen molar-refractivity contribution >= 4 is 28.2 Å². The van der Waals surface area contributed by atoms with E-state index in [9.17, 15) is 5.11 Å². The van der Waals surface area contributed by atoms with Crippen LogP contribution in [0.1, 0.15) is 19.3 Å². The third-order valence-corrected chi connectivity index (χ3v) is 5.04. The zero-order chi connectivity index (χ0) is 18.1. The number of halogens is 1. The number of methoxy groups -OCH3 is 1. The molecule has 0 radical (unpaired) electrons. The summed E-state index contributed by atoms with van der Waals surface area (Å²) in [5, 5.41) is 24.6. The van der Waals surface area contributed by atoms with Crippen LogP contribution in [0.4, 0.5) is 5.82 Å². The number of aliphatic hydroxyl groups is 1. The van der Waals surface area contributed by atoms with Gasteiger partial charge in [-0.3, -0.25) is 4.98 Å². The van der Waals surface area contributed by atoms with Gasteiger partial charge < -0.3 is 15.2 Å². The van der Waals surface area contributed by atoms with Gasteiger partial charge in [-0.2, -0.15) is 0 Å². The molecule has 0 saturated heterocycles. The van der Waals surface area contributed by atoms with Gasteiger partial charge in [0.1, 0.15) is 11.4 Å². The molecule has 1 aliphatic carbocycles. The summed E-state index contributed by atoms with van der Waals surface area (Å²) >= 11 is 6.08. The molecule has 0 spiro atoms. The monoisotopic (exact) mass is 370 g/mol. The van der Waals surface area contributed by atoms with Crippen LogP contribution < -0.4 is 10.1 Å². The number of fused-ring (bicyclic) bond motifs is 1. The Morgan fingerprint density at radius 1 is 1.19 bits per heavy atom.